The van der Waals surface area contributed by atoms with E-state index < -0.39 is 0 Å². The molecule has 0 fully saturated rings. The van der Waals surface area contributed by atoms with E-state index >= 15 is 0 Å². The molecule has 0 aliphatic carbocycles. The summed E-state index contributed by atoms with van der Waals surface area (Å²) in [6.07, 6.45) is 2.16. The fraction of sp³-hybridized carbons (Fsp3) is 0.308. The van der Waals surface area contributed by atoms with Gasteiger partial charge in [-0.05, 0) is 38.1 Å². The number of hydrogen-bond donors (Lipinski definition) is 1. The Bertz CT molecular complexity index is 394. The molecule has 1 aromatic rings. The van der Waals surface area contributed by atoms with Crippen LogP contribution < -0.4 is 10.1 Å². The zero-order valence-corrected chi connectivity index (χ0v) is 12.0. The summed E-state index contributed by atoms with van der Waals surface area (Å²) in [4.78, 5) is 0. The van der Waals surface area contributed by atoms with Crippen LogP contribution in [-0.2, 0) is 0 Å². The number of allylic oxidation sites excluding steroid dienone is 1. The van der Waals surface area contributed by atoms with E-state index in [9.17, 15) is 0 Å². The molecule has 0 aliphatic rings. The molecule has 0 bridgehead atoms. The van der Waals surface area contributed by atoms with Gasteiger partial charge in [-0.3, -0.25) is 0 Å². The van der Waals surface area contributed by atoms with Gasteiger partial charge in [0.25, 0.3) is 0 Å². The Kier molecular flexibility index (Phi) is 6.08. The lowest BCUT2D eigenvalue weighted by Gasteiger charge is -2.07. The molecule has 2 nitrogen and oxygen atoms in total. The number of rotatable bonds is 4. The molecule has 4 heteroatoms. The van der Waals surface area contributed by atoms with Crippen LogP contribution in [-0.4, -0.2) is 17.2 Å². The number of methoxy groups -OCH3 is 1. The van der Waals surface area contributed by atoms with Crippen LogP contribution in [0.15, 0.2) is 35.9 Å². The summed E-state index contributed by atoms with van der Waals surface area (Å²) in [5.74, 6) is 1.75. The highest BCUT2D eigenvalue weighted by molar-refractivity contribution is 8.23. The van der Waals surface area contributed by atoms with E-state index in [1.165, 1.54) is 5.57 Å². The fourth-order valence-corrected chi connectivity index (χ4v) is 2.19. The van der Waals surface area contributed by atoms with Crippen molar-refractivity contribution >= 4 is 34.0 Å². The van der Waals surface area contributed by atoms with Crippen LogP contribution in [0.3, 0.4) is 0 Å². The number of hydrogen-bond acceptors (Lipinski definition) is 3. The Labute approximate surface area is 112 Å². The highest BCUT2D eigenvalue weighted by atomic mass is 32.2. The van der Waals surface area contributed by atoms with Crippen molar-refractivity contribution in [3.8, 4) is 5.75 Å². The normalized spacial score (nSPS) is 9.59. The van der Waals surface area contributed by atoms with Gasteiger partial charge in [-0.2, -0.15) is 0 Å². The zero-order valence-electron chi connectivity index (χ0n) is 10.3. The molecule has 1 aromatic carbocycles. The first-order chi connectivity index (χ1) is 8.11. The highest BCUT2D eigenvalue weighted by Gasteiger charge is 1.98. The minimum absolute atomic E-state index is 0.785. The van der Waals surface area contributed by atoms with Crippen molar-refractivity contribution < 1.29 is 4.74 Å². The van der Waals surface area contributed by atoms with E-state index in [0.717, 1.165) is 21.5 Å². The molecule has 0 spiro atoms. The second kappa shape index (κ2) is 7.35. The summed E-state index contributed by atoms with van der Waals surface area (Å²) in [7, 11) is 1.66. The number of ether oxygens (including phenoxy) is 1. The Morgan fingerprint density at radius 1 is 1.35 bits per heavy atom. The molecule has 0 aliphatic heterocycles. The zero-order chi connectivity index (χ0) is 12.7. The van der Waals surface area contributed by atoms with Crippen molar-refractivity contribution in [2.75, 3.05) is 18.2 Å². The van der Waals surface area contributed by atoms with E-state index in [2.05, 4.69) is 25.2 Å². The maximum atomic E-state index is 5.24. The average molecular weight is 267 g/mol. The summed E-state index contributed by atoms with van der Waals surface area (Å²) in [5.41, 5.74) is 2.30. The van der Waals surface area contributed by atoms with Gasteiger partial charge in [-0.15, -0.1) is 0 Å². The first-order valence-corrected chi connectivity index (χ1v) is 6.72. The third kappa shape index (κ3) is 5.75. The molecule has 0 amide bonds. The minimum Gasteiger partial charge on any atom is -0.497 e. The van der Waals surface area contributed by atoms with E-state index in [-0.39, 0.29) is 0 Å². The van der Waals surface area contributed by atoms with Crippen molar-refractivity contribution in [3.63, 3.8) is 0 Å². The highest BCUT2D eigenvalue weighted by Crippen LogP contribution is 2.17. The van der Waals surface area contributed by atoms with Gasteiger partial charge in [-0.1, -0.05) is 35.6 Å². The van der Waals surface area contributed by atoms with Gasteiger partial charge in [0.05, 0.1) is 7.11 Å². The Morgan fingerprint density at radius 2 is 2.00 bits per heavy atom. The maximum absolute atomic E-state index is 5.24. The lowest BCUT2D eigenvalue weighted by Crippen LogP contribution is -2.04. The van der Waals surface area contributed by atoms with Crippen LogP contribution in [0.1, 0.15) is 13.8 Å². The molecule has 17 heavy (non-hydrogen) atoms. The number of thioether (sulfide) groups is 1. The van der Waals surface area contributed by atoms with Gasteiger partial charge in [0.2, 0.25) is 0 Å². The van der Waals surface area contributed by atoms with Crippen LogP contribution in [0.4, 0.5) is 5.69 Å². The SMILES string of the molecule is COc1ccc(NC(=S)SCC=C(C)C)cc1. The predicted octanol–water partition coefficient (Wildman–Crippen LogP) is 4.09. The quantitative estimate of drug-likeness (QED) is 0.655. The molecule has 0 radical (unpaired) electrons. The first-order valence-electron chi connectivity index (χ1n) is 5.33. The molecule has 92 valence electrons. The number of anilines is 1. The Balaban J connectivity index is 2.42. The molecule has 0 unspecified atom stereocenters. The first kappa shape index (κ1) is 14.1. The average Bonchev–Trinajstić information content (AvgIpc) is 2.29. The summed E-state index contributed by atoms with van der Waals surface area (Å²) in [6, 6.07) is 7.72. The van der Waals surface area contributed by atoms with Gasteiger partial charge in [-0.25, -0.2) is 0 Å². The monoisotopic (exact) mass is 267 g/mol. The molecule has 1 rings (SSSR count). The molecule has 0 heterocycles. The van der Waals surface area contributed by atoms with Gasteiger partial charge in [0.15, 0.2) is 0 Å². The molecular weight excluding hydrogens is 250 g/mol. The molecule has 0 saturated heterocycles. The van der Waals surface area contributed by atoms with E-state index in [1.807, 2.05) is 24.3 Å². The topological polar surface area (TPSA) is 21.3 Å². The summed E-state index contributed by atoms with van der Waals surface area (Å²) in [5, 5.41) is 3.18. The second-order valence-electron chi connectivity index (χ2n) is 3.73. The van der Waals surface area contributed by atoms with Crippen molar-refractivity contribution in [1.29, 1.82) is 0 Å². The third-order valence-corrected chi connectivity index (χ3v) is 3.20. The van der Waals surface area contributed by atoms with Crippen LogP contribution in [0.25, 0.3) is 0 Å². The van der Waals surface area contributed by atoms with Crippen molar-refractivity contribution in [2.45, 2.75) is 13.8 Å². The van der Waals surface area contributed by atoms with Crippen LogP contribution in [0.5, 0.6) is 5.75 Å². The van der Waals surface area contributed by atoms with Crippen molar-refractivity contribution in [3.05, 3.63) is 35.9 Å². The molecule has 0 saturated carbocycles. The lowest BCUT2D eigenvalue weighted by atomic mass is 10.3. The molecule has 1 N–H and O–H groups in total. The smallest absolute Gasteiger partial charge is 0.138 e. The van der Waals surface area contributed by atoms with Crippen molar-refractivity contribution in [1.82, 2.24) is 0 Å². The van der Waals surface area contributed by atoms with Crippen LogP contribution in [0, 0.1) is 0 Å². The van der Waals surface area contributed by atoms with E-state index in [1.54, 1.807) is 18.9 Å². The standard InChI is InChI=1S/C13H17NOS2/c1-10(2)8-9-17-13(16)14-11-4-6-12(15-3)7-5-11/h4-8H,9H2,1-3H3,(H,14,16). The van der Waals surface area contributed by atoms with Gasteiger partial charge >= 0.3 is 0 Å². The largest absolute Gasteiger partial charge is 0.497 e. The number of thiocarbonyl (C=S) groups is 1. The van der Waals surface area contributed by atoms with Gasteiger partial charge in [0.1, 0.15) is 10.1 Å². The second-order valence-corrected chi connectivity index (χ2v) is 5.43. The molecule has 0 aromatic heterocycles. The Hall–Kier alpha value is -1.00. The number of benzene rings is 1. The maximum Gasteiger partial charge on any atom is 0.138 e. The van der Waals surface area contributed by atoms with Gasteiger partial charge in [0, 0.05) is 11.4 Å². The lowest BCUT2D eigenvalue weighted by molar-refractivity contribution is 0.415. The summed E-state index contributed by atoms with van der Waals surface area (Å²) in [6.45, 7) is 4.17. The molecular formula is C13H17NOS2. The number of nitrogens with one attached hydrogen (secondary N) is 1. The van der Waals surface area contributed by atoms with E-state index in [0.29, 0.717) is 0 Å². The summed E-state index contributed by atoms with van der Waals surface area (Å²) < 4.78 is 5.88. The molecule has 0 atom stereocenters. The van der Waals surface area contributed by atoms with E-state index in [4.69, 9.17) is 17.0 Å². The minimum atomic E-state index is 0.785. The third-order valence-electron chi connectivity index (χ3n) is 2.04. The Morgan fingerprint density at radius 3 is 2.53 bits per heavy atom. The predicted molar refractivity (Wildman–Crippen MR) is 81.1 cm³/mol. The van der Waals surface area contributed by atoms with Crippen molar-refractivity contribution in [2.24, 2.45) is 0 Å². The van der Waals surface area contributed by atoms with Crippen LogP contribution in [0.2, 0.25) is 0 Å². The van der Waals surface area contributed by atoms with Gasteiger partial charge < -0.3 is 10.1 Å². The fourth-order valence-electron chi connectivity index (χ4n) is 1.11. The summed E-state index contributed by atoms with van der Waals surface area (Å²) >= 11 is 6.86. The van der Waals surface area contributed by atoms with Crippen LogP contribution >= 0.6 is 24.0 Å².